The number of piperidine rings is 2. The smallest absolute Gasteiger partial charge is 0.251 e. The predicted octanol–water partition coefficient (Wildman–Crippen LogP) is 3.64. The van der Waals surface area contributed by atoms with E-state index in [4.69, 9.17) is 12.2 Å². The molecule has 0 saturated carbocycles. The van der Waals surface area contributed by atoms with Crippen molar-refractivity contribution in [3.8, 4) is 0 Å². The van der Waals surface area contributed by atoms with Gasteiger partial charge in [-0.1, -0.05) is 32.0 Å². The summed E-state index contributed by atoms with van der Waals surface area (Å²) in [5.74, 6) is 0.638. The van der Waals surface area contributed by atoms with Gasteiger partial charge in [-0.2, -0.15) is 0 Å². The molecule has 3 rings (SSSR count). The third-order valence-corrected chi connectivity index (χ3v) is 5.95. The number of hydrogen-bond donors (Lipinski definition) is 2. The highest BCUT2D eigenvalue weighted by atomic mass is 32.1. The Balaban J connectivity index is 1.63. The summed E-state index contributed by atoms with van der Waals surface area (Å²) in [5, 5.41) is 7.62. The fourth-order valence-electron chi connectivity index (χ4n) is 4.30. The molecule has 2 heterocycles. The number of hydrogen-bond acceptors (Lipinski definition) is 2. The summed E-state index contributed by atoms with van der Waals surface area (Å²) in [5.41, 5.74) is 1.82. The largest absolute Gasteiger partial charge is 0.362 e. The fourth-order valence-corrected chi connectivity index (χ4v) is 4.69. The van der Waals surface area contributed by atoms with Gasteiger partial charge < -0.3 is 15.5 Å². The molecule has 0 spiro atoms. The Hall–Kier alpha value is -1.62. The topological polar surface area (TPSA) is 44.4 Å². The molecule has 0 aromatic heterocycles. The lowest BCUT2D eigenvalue weighted by Crippen LogP contribution is -2.61. The molecule has 1 aromatic carbocycles. The average Bonchev–Trinajstić information content (AvgIpc) is 2.59. The number of aryl methyl sites for hydroxylation is 1. The van der Waals surface area contributed by atoms with E-state index in [1.807, 2.05) is 31.2 Å². The highest BCUT2D eigenvalue weighted by Gasteiger charge is 2.40. The molecule has 2 N–H and O–H groups in total. The minimum atomic E-state index is 0.0557. The monoisotopic (exact) mass is 373 g/mol. The van der Waals surface area contributed by atoms with Crippen molar-refractivity contribution in [2.75, 3.05) is 6.54 Å². The van der Waals surface area contributed by atoms with Crippen LogP contribution in [-0.2, 0) is 0 Å². The number of thiocarbonyl (C=S) groups is 1. The van der Waals surface area contributed by atoms with E-state index in [0.29, 0.717) is 18.0 Å². The Labute approximate surface area is 162 Å². The van der Waals surface area contributed by atoms with E-state index in [2.05, 4.69) is 29.4 Å². The molecule has 142 valence electrons. The molecule has 2 unspecified atom stereocenters. The van der Waals surface area contributed by atoms with Gasteiger partial charge in [-0.05, 0) is 68.8 Å². The molecule has 2 saturated heterocycles. The van der Waals surface area contributed by atoms with Crippen molar-refractivity contribution >= 4 is 23.2 Å². The minimum absolute atomic E-state index is 0.0557. The molecular weight excluding hydrogens is 342 g/mol. The molecule has 2 bridgehead atoms. The lowest BCUT2D eigenvalue weighted by atomic mass is 9.82. The van der Waals surface area contributed by atoms with Crippen molar-refractivity contribution < 1.29 is 4.79 Å². The first kappa shape index (κ1) is 19.2. The number of rotatable bonds is 4. The molecule has 1 amide bonds. The highest BCUT2D eigenvalue weighted by Crippen LogP contribution is 2.34. The first-order chi connectivity index (χ1) is 12.5. The Kier molecular flexibility index (Phi) is 6.17. The van der Waals surface area contributed by atoms with E-state index in [1.165, 1.54) is 6.42 Å². The number of carbonyl (C=O) groups excluding carboxylic acids is 1. The van der Waals surface area contributed by atoms with Crippen LogP contribution in [0.1, 0.15) is 61.9 Å². The van der Waals surface area contributed by atoms with Crippen LogP contribution in [0, 0.1) is 12.8 Å². The van der Waals surface area contributed by atoms with Gasteiger partial charge in [-0.25, -0.2) is 0 Å². The van der Waals surface area contributed by atoms with Crippen LogP contribution >= 0.6 is 12.2 Å². The molecule has 2 atom stereocenters. The standard InChI is InChI=1S/C21H31N3OS/c1-14(2)13-22-21(26)24-17-8-6-9-18(24)12-16(11-17)23-20(25)19-10-5-4-7-15(19)3/h4-5,7,10,14,16-18H,6,8-9,11-13H2,1-3H3,(H,22,26)(H,23,25). The second-order valence-electron chi connectivity index (χ2n) is 8.18. The van der Waals surface area contributed by atoms with Gasteiger partial charge in [-0.3, -0.25) is 4.79 Å². The van der Waals surface area contributed by atoms with Gasteiger partial charge in [0, 0.05) is 30.2 Å². The van der Waals surface area contributed by atoms with Gasteiger partial charge in [0.25, 0.3) is 5.91 Å². The number of nitrogens with zero attached hydrogens (tertiary/aromatic N) is 1. The van der Waals surface area contributed by atoms with Gasteiger partial charge in [0.15, 0.2) is 5.11 Å². The summed E-state index contributed by atoms with van der Waals surface area (Å²) >= 11 is 5.69. The number of amides is 1. The quantitative estimate of drug-likeness (QED) is 0.791. The molecule has 5 heteroatoms. The minimum Gasteiger partial charge on any atom is -0.362 e. The predicted molar refractivity (Wildman–Crippen MR) is 110 cm³/mol. The summed E-state index contributed by atoms with van der Waals surface area (Å²) in [6.07, 6.45) is 5.56. The zero-order valence-corrected chi connectivity index (χ0v) is 16.9. The van der Waals surface area contributed by atoms with Crippen LogP contribution in [-0.4, -0.2) is 40.6 Å². The number of nitrogens with one attached hydrogen (secondary N) is 2. The summed E-state index contributed by atoms with van der Waals surface area (Å²) in [7, 11) is 0. The van der Waals surface area contributed by atoms with Crippen LogP contribution in [0.5, 0.6) is 0 Å². The Morgan fingerprint density at radius 1 is 1.23 bits per heavy atom. The maximum atomic E-state index is 12.7. The Morgan fingerprint density at radius 2 is 1.88 bits per heavy atom. The molecule has 1 aromatic rings. The lowest BCUT2D eigenvalue weighted by molar-refractivity contribution is 0.0739. The zero-order valence-electron chi connectivity index (χ0n) is 16.1. The third kappa shape index (κ3) is 4.37. The zero-order chi connectivity index (χ0) is 18.7. The molecule has 0 aliphatic carbocycles. The highest BCUT2D eigenvalue weighted by molar-refractivity contribution is 7.80. The van der Waals surface area contributed by atoms with Crippen LogP contribution in [0.4, 0.5) is 0 Å². The van der Waals surface area contributed by atoms with Crippen LogP contribution in [0.2, 0.25) is 0 Å². The molecule has 4 nitrogen and oxygen atoms in total. The van der Waals surface area contributed by atoms with Crippen LogP contribution < -0.4 is 10.6 Å². The van der Waals surface area contributed by atoms with Gasteiger partial charge in [0.05, 0.1) is 0 Å². The van der Waals surface area contributed by atoms with E-state index in [-0.39, 0.29) is 11.9 Å². The second kappa shape index (κ2) is 8.38. The molecule has 2 aliphatic rings. The Morgan fingerprint density at radius 3 is 2.50 bits per heavy atom. The van der Waals surface area contributed by atoms with E-state index < -0.39 is 0 Å². The van der Waals surface area contributed by atoms with Crippen LogP contribution in [0.15, 0.2) is 24.3 Å². The normalized spacial score (nSPS) is 25.1. The van der Waals surface area contributed by atoms with Gasteiger partial charge in [0.1, 0.15) is 0 Å². The first-order valence-electron chi connectivity index (χ1n) is 9.88. The average molecular weight is 374 g/mol. The maximum absolute atomic E-state index is 12.7. The first-order valence-corrected chi connectivity index (χ1v) is 10.3. The van der Waals surface area contributed by atoms with Crippen LogP contribution in [0.3, 0.4) is 0 Å². The van der Waals surface area contributed by atoms with Crippen molar-refractivity contribution in [3.63, 3.8) is 0 Å². The second-order valence-corrected chi connectivity index (χ2v) is 8.57. The Bertz CT molecular complexity index is 646. The molecule has 2 aliphatic heterocycles. The van der Waals surface area contributed by atoms with Crippen molar-refractivity contribution in [2.24, 2.45) is 5.92 Å². The molecule has 0 radical (unpaired) electrons. The lowest BCUT2D eigenvalue weighted by Gasteiger charge is -2.50. The van der Waals surface area contributed by atoms with Gasteiger partial charge in [-0.15, -0.1) is 0 Å². The fraction of sp³-hybridized carbons (Fsp3) is 0.619. The number of carbonyl (C=O) groups is 1. The van der Waals surface area contributed by atoms with Crippen molar-refractivity contribution in [1.29, 1.82) is 0 Å². The van der Waals surface area contributed by atoms with Gasteiger partial charge in [0.2, 0.25) is 0 Å². The number of benzene rings is 1. The van der Waals surface area contributed by atoms with Crippen molar-refractivity contribution in [3.05, 3.63) is 35.4 Å². The van der Waals surface area contributed by atoms with Crippen molar-refractivity contribution in [2.45, 2.75) is 71.0 Å². The summed E-state index contributed by atoms with van der Waals surface area (Å²) in [6, 6.07) is 8.92. The van der Waals surface area contributed by atoms with Gasteiger partial charge >= 0.3 is 0 Å². The third-order valence-electron chi connectivity index (χ3n) is 5.60. The van der Waals surface area contributed by atoms with E-state index in [0.717, 1.165) is 48.5 Å². The summed E-state index contributed by atoms with van der Waals surface area (Å²) in [6.45, 7) is 7.31. The molecule has 26 heavy (non-hydrogen) atoms. The molecule has 2 fully saturated rings. The van der Waals surface area contributed by atoms with Crippen molar-refractivity contribution in [1.82, 2.24) is 15.5 Å². The SMILES string of the molecule is Cc1ccccc1C(=O)NC1CC2CCCC(C1)N2C(=S)NCC(C)C. The van der Waals surface area contributed by atoms with Crippen LogP contribution in [0.25, 0.3) is 0 Å². The summed E-state index contributed by atoms with van der Waals surface area (Å²) < 4.78 is 0. The summed E-state index contributed by atoms with van der Waals surface area (Å²) in [4.78, 5) is 15.1. The number of fused-ring (bicyclic) bond motifs is 2. The maximum Gasteiger partial charge on any atom is 0.251 e. The molecular formula is C21H31N3OS. The van der Waals surface area contributed by atoms with E-state index in [9.17, 15) is 4.79 Å². The van der Waals surface area contributed by atoms with E-state index in [1.54, 1.807) is 0 Å². The van der Waals surface area contributed by atoms with E-state index >= 15 is 0 Å².